The van der Waals surface area contributed by atoms with Crippen LogP contribution < -0.4 is 5.32 Å². The summed E-state index contributed by atoms with van der Waals surface area (Å²) in [4.78, 5) is 11.9. The van der Waals surface area contributed by atoms with Gasteiger partial charge < -0.3 is 10.4 Å². The Morgan fingerprint density at radius 3 is 2.89 bits per heavy atom. The molecule has 2 rings (SSSR count). The SMILES string of the molecule is CC(NC(=O)c1cc(F)ccc1O)c1ccsc1. The molecule has 2 N–H and O–H groups in total. The molecule has 1 aromatic heterocycles. The molecule has 5 heteroatoms. The highest BCUT2D eigenvalue weighted by atomic mass is 32.1. The summed E-state index contributed by atoms with van der Waals surface area (Å²) in [6.45, 7) is 1.83. The monoisotopic (exact) mass is 265 g/mol. The highest BCUT2D eigenvalue weighted by molar-refractivity contribution is 7.07. The maximum Gasteiger partial charge on any atom is 0.255 e. The van der Waals surface area contributed by atoms with Gasteiger partial charge in [0, 0.05) is 0 Å². The maximum atomic E-state index is 13.0. The van der Waals surface area contributed by atoms with E-state index in [0.29, 0.717) is 0 Å². The van der Waals surface area contributed by atoms with Gasteiger partial charge in [0.1, 0.15) is 11.6 Å². The van der Waals surface area contributed by atoms with Crippen molar-refractivity contribution < 1.29 is 14.3 Å². The van der Waals surface area contributed by atoms with Gasteiger partial charge in [-0.3, -0.25) is 4.79 Å². The summed E-state index contributed by atoms with van der Waals surface area (Å²) < 4.78 is 13.0. The molecule has 2 aromatic rings. The van der Waals surface area contributed by atoms with Crippen molar-refractivity contribution in [3.05, 3.63) is 52.0 Å². The lowest BCUT2D eigenvalue weighted by Gasteiger charge is -2.13. The van der Waals surface area contributed by atoms with E-state index >= 15 is 0 Å². The standard InChI is InChI=1S/C13H12FNO2S/c1-8(9-4-5-18-7-9)15-13(17)11-6-10(14)2-3-12(11)16/h2-8,16H,1H3,(H,15,17). The topological polar surface area (TPSA) is 49.3 Å². The predicted molar refractivity (Wildman–Crippen MR) is 68.3 cm³/mol. The highest BCUT2D eigenvalue weighted by Gasteiger charge is 2.15. The Hall–Kier alpha value is -1.88. The second-order valence-electron chi connectivity index (χ2n) is 3.91. The van der Waals surface area contributed by atoms with Crippen molar-refractivity contribution in [1.82, 2.24) is 5.32 Å². The quantitative estimate of drug-likeness (QED) is 0.896. The van der Waals surface area contributed by atoms with Gasteiger partial charge in [0.25, 0.3) is 5.91 Å². The third-order valence-electron chi connectivity index (χ3n) is 2.59. The third kappa shape index (κ3) is 2.68. The molecular formula is C13H12FNO2S. The Bertz CT molecular complexity index is 554. The molecule has 94 valence electrons. The zero-order valence-corrected chi connectivity index (χ0v) is 10.5. The fraction of sp³-hybridized carbons (Fsp3) is 0.154. The molecule has 0 aliphatic carbocycles. The van der Waals surface area contributed by atoms with Crippen molar-refractivity contribution in [3.8, 4) is 5.75 Å². The smallest absolute Gasteiger partial charge is 0.255 e. The maximum absolute atomic E-state index is 13.0. The first-order valence-corrected chi connectivity index (χ1v) is 6.33. The Balaban J connectivity index is 2.15. The first kappa shape index (κ1) is 12.6. The molecule has 0 saturated heterocycles. The molecule has 1 unspecified atom stereocenters. The van der Waals surface area contributed by atoms with Crippen molar-refractivity contribution in [2.75, 3.05) is 0 Å². The average Bonchev–Trinajstić information content (AvgIpc) is 2.85. The number of aromatic hydroxyl groups is 1. The number of benzene rings is 1. The zero-order valence-electron chi connectivity index (χ0n) is 9.68. The van der Waals surface area contributed by atoms with Crippen molar-refractivity contribution >= 4 is 17.2 Å². The number of thiophene rings is 1. The summed E-state index contributed by atoms with van der Waals surface area (Å²) in [5, 5.41) is 16.1. The van der Waals surface area contributed by atoms with E-state index in [0.717, 1.165) is 17.7 Å². The molecule has 0 saturated carbocycles. The van der Waals surface area contributed by atoms with E-state index in [4.69, 9.17) is 0 Å². The number of hydrogen-bond donors (Lipinski definition) is 2. The number of phenolic OH excluding ortho intramolecular Hbond substituents is 1. The van der Waals surface area contributed by atoms with Crippen molar-refractivity contribution in [3.63, 3.8) is 0 Å². The van der Waals surface area contributed by atoms with E-state index in [1.807, 2.05) is 23.8 Å². The summed E-state index contributed by atoms with van der Waals surface area (Å²) in [5.74, 6) is -1.28. The number of phenols is 1. The van der Waals surface area contributed by atoms with Crippen LogP contribution in [-0.2, 0) is 0 Å². The average molecular weight is 265 g/mol. The molecule has 1 atom stereocenters. The molecular weight excluding hydrogens is 253 g/mol. The lowest BCUT2D eigenvalue weighted by Crippen LogP contribution is -2.26. The number of rotatable bonds is 3. The fourth-order valence-corrected chi connectivity index (χ4v) is 2.32. The summed E-state index contributed by atoms with van der Waals surface area (Å²) >= 11 is 1.54. The van der Waals surface area contributed by atoms with Gasteiger partial charge in [0.15, 0.2) is 0 Å². The van der Waals surface area contributed by atoms with Gasteiger partial charge in [-0.25, -0.2) is 4.39 Å². The van der Waals surface area contributed by atoms with Crippen LogP contribution in [0.4, 0.5) is 4.39 Å². The lowest BCUT2D eigenvalue weighted by atomic mass is 10.1. The van der Waals surface area contributed by atoms with Crippen LogP contribution >= 0.6 is 11.3 Å². The zero-order chi connectivity index (χ0) is 13.1. The molecule has 1 aromatic carbocycles. The number of amides is 1. The Kier molecular flexibility index (Phi) is 3.62. The lowest BCUT2D eigenvalue weighted by molar-refractivity contribution is 0.0937. The molecule has 0 fully saturated rings. The van der Waals surface area contributed by atoms with Crippen molar-refractivity contribution in [1.29, 1.82) is 0 Å². The first-order chi connectivity index (χ1) is 8.58. The minimum Gasteiger partial charge on any atom is -0.507 e. The fourth-order valence-electron chi connectivity index (χ4n) is 1.57. The van der Waals surface area contributed by atoms with Crippen LogP contribution in [0.25, 0.3) is 0 Å². The largest absolute Gasteiger partial charge is 0.507 e. The van der Waals surface area contributed by atoms with Crippen LogP contribution in [0.1, 0.15) is 28.9 Å². The minimum atomic E-state index is -0.555. The van der Waals surface area contributed by atoms with Crippen LogP contribution in [0.15, 0.2) is 35.0 Å². The van der Waals surface area contributed by atoms with E-state index < -0.39 is 11.7 Å². The molecule has 3 nitrogen and oxygen atoms in total. The summed E-state index contributed by atoms with van der Waals surface area (Å²) in [6, 6.07) is 5.01. The number of carbonyl (C=O) groups excluding carboxylic acids is 1. The third-order valence-corrected chi connectivity index (χ3v) is 3.30. The molecule has 0 aliphatic rings. The van der Waals surface area contributed by atoms with Gasteiger partial charge in [-0.1, -0.05) is 0 Å². The number of halogens is 1. The van der Waals surface area contributed by atoms with Gasteiger partial charge in [-0.05, 0) is 47.5 Å². The summed E-state index contributed by atoms with van der Waals surface area (Å²) in [6.07, 6.45) is 0. The summed E-state index contributed by atoms with van der Waals surface area (Å²) in [7, 11) is 0. The molecule has 0 radical (unpaired) electrons. The molecule has 0 spiro atoms. The van der Waals surface area contributed by atoms with E-state index in [1.165, 1.54) is 17.4 Å². The second kappa shape index (κ2) is 5.18. The van der Waals surface area contributed by atoms with Crippen LogP contribution in [-0.4, -0.2) is 11.0 Å². The van der Waals surface area contributed by atoms with Gasteiger partial charge in [0.2, 0.25) is 0 Å². The normalized spacial score (nSPS) is 12.1. The number of nitrogens with one attached hydrogen (secondary N) is 1. The van der Waals surface area contributed by atoms with Crippen LogP contribution in [0.3, 0.4) is 0 Å². The van der Waals surface area contributed by atoms with E-state index in [1.54, 1.807) is 0 Å². The molecule has 0 aliphatic heterocycles. The molecule has 1 amide bonds. The molecule has 0 bridgehead atoms. The Morgan fingerprint density at radius 1 is 1.44 bits per heavy atom. The van der Waals surface area contributed by atoms with Gasteiger partial charge >= 0.3 is 0 Å². The summed E-state index contributed by atoms with van der Waals surface area (Å²) in [5.41, 5.74) is 0.918. The van der Waals surface area contributed by atoms with E-state index in [2.05, 4.69) is 5.32 Å². The van der Waals surface area contributed by atoms with Gasteiger partial charge in [0.05, 0.1) is 11.6 Å². The molecule has 1 heterocycles. The van der Waals surface area contributed by atoms with Crippen molar-refractivity contribution in [2.24, 2.45) is 0 Å². The Labute approximate surface area is 108 Å². The van der Waals surface area contributed by atoms with Crippen molar-refractivity contribution in [2.45, 2.75) is 13.0 Å². The number of carbonyl (C=O) groups is 1. The van der Waals surface area contributed by atoms with Gasteiger partial charge in [-0.15, -0.1) is 0 Å². The predicted octanol–water partition coefficient (Wildman–Crippen LogP) is 3.08. The highest BCUT2D eigenvalue weighted by Crippen LogP contribution is 2.20. The van der Waals surface area contributed by atoms with Crippen LogP contribution in [0, 0.1) is 5.82 Å². The van der Waals surface area contributed by atoms with Crippen LogP contribution in [0.5, 0.6) is 5.75 Å². The van der Waals surface area contributed by atoms with Crippen LogP contribution in [0.2, 0.25) is 0 Å². The van der Waals surface area contributed by atoms with Gasteiger partial charge in [-0.2, -0.15) is 11.3 Å². The van der Waals surface area contributed by atoms with E-state index in [-0.39, 0.29) is 17.4 Å². The molecule has 18 heavy (non-hydrogen) atoms. The minimum absolute atomic E-state index is 0.0583. The Morgan fingerprint density at radius 2 is 2.22 bits per heavy atom. The first-order valence-electron chi connectivity index (χ1n) is 5.39. The second-order valence-corrected chi connectivity index (χ2v) is 4.69. The van der Waals surface area contributed by atoms with E-state index in [9.17, 15) is 14.3 Å². The number of hydrogen-bond acceptors (Lipinski definition) is 3.